The summed E-state index contributed by atoms with van der Waals surface area (Å²) in [4.78, 5) is 4.25. The van der Waals surface area contributed by atoms with Crippen molar-refractivity contribution in [1.82, 2.24) is 25.8 Å². The third-order valence-electron chi connectivity index (χ3n) is 4.99. The Kier molecular flexibility index (Phi) is 5.89. The summed E-state index contributed by atoms with van der Waals surface area (Å²) in [5.41, 5.74) is 10.1. The van der Waals surface area contributed by atoms with E-state index in [1.54, 1.807) is 24.1 Å². The number of aliphatic imine (C=N–C) groups is 1. The number of hydrogen-bond acceptors (Lipinski definition) is 8. The predicted molar refractivity (Wildman–Crippen MR) is 122 cm³/mol. The first kappa shape index (κ1) is 21.1. The van der Waals surface area contributed by atoms with E-state index in [1.165, 1.54) is 0 Å². The molecule has 2 aromatic rings. The van der Waals surface area contributed by atoms with Crippen molar-refractivity contribution in [2.75, 3.05) is 25.7 Å². The monoisotopic (exact) mass is 434 g/mol. The maximum Gasteiger partial charge on any atom is 0.186 e. The van der Waals surface area contributed by atoms with Crippen molar-refractivity contribution in [3.63, 3.8) is 0 Å². The molecular formula is C22H26N8O2. The Balaban J connectivity index is 1.69. The van der Waals surface area contributed by atoms with Crippen LogP contribution in [0.1, 0.15) is 13.8 Å². The zero-order chi connectivity index (χ0) is 22.7. The highest BCUT2D eigenvalue weighted by atomic mass is 16.6. The summed E-state index contributed by atoms with van der Waals surface area (Å²) in [5, 5.41) is 20.2. The maximum absolute atomic E-state index is 9.55. The number of nitriles is 1. The van der Waals surface area contributed by atoms with Gasteiger partial charge in [-0.05, 0) is 32.0 Å². The van der Waals surface area contributed by atoms with Crippen LogP contribution < -0.4 is 31.0 Å². The van der Waals surface area contributed by atoms with Crippen LogP contribution in [0.15, 0.2) is 52.6 Å². The Labute approximate surface area is 186 Å². The van der Waals surface area contributed by atoms with Crippen LogP contribution in [0, 0.1) is 11.3 Å². The van der Waals surface area contributed by atoms with Crippen LogP contribution in [-0.2, 0) is 7.05 Å². The van der Waals surface area contributed by atoms with E-state index < -0.39 is 0 Å². The predicted octanol–water partition coefficient (Wildman–Crippen LogP) is 2.02. The number of aromatic nitrogens is 2. The molecule has 2 aliphatic heterocycles. The highest BCUT2D eigenvalue weighted by Crippen LogP contribution is 2.44. The number of hydrazine groups is 1. The zero-order valence-electron chi connectivity index (χ0n) is 18.5. The second kappa shape index (κ2) is 8.93. The van der Waals surface area contributed by atoms with Gasteiger partial charge in [0.2, 0.25) is 0 Å². The van der Waals surface area contributed by atoms with E-state index in [-0.39, 0.29) is 6.04 Å². The van der Waals surface area contributed by atoms with Crippen LogP contribution in [0.25, 0.3) is 11.3 Å². The smallest absolute Gasteiger partial charge is 0.186 e. The minimum Gasteiger partial charge on any atom is -0.485 e. The molecule has 0 fully saturated rings. The van der Waals surface area contributed by atoms with Crippen molar-refractivity contribution in [3.05, 3.63) is 47.6 Å². The van der Waals surface area contributed by atoms with Crippen LogP contribution >= 0.6 is 0 Å². The third kappa shape index (κ3) is 3.92. The maximum atomic E-state index is 9.55. The number of anilines is 1. The van der Waals surface area contributed by atoms with Gasteiger partial charge in [-0.3, -0.25) is 20.5 Å². The summed E-state index contributed by atoms with van der Waals surface area (Å²) in [7, 11) is 3.56. The number of benzene rings is 1. The number of nitrogens with zero attached hydrogens (tertiary/aromatic N) is 4. The fourth-order valence-electron chi connectivity index (χ4n) is 3.59. The van der Waals surface area contributed by atoms with Crippen molar-refractivity contribution in [3.8, 4) is 28.8 Å². The molecule has 3 heterocycles. The third-order valence-corrected chi connectivity index (χ3v) is 4.99. The second-order valence-corrected chi connectivity index (χ2v) is 7.54. The van der Waals surface area contributed by atoms with Gasteiger partial charge in [0.05, 0.1) is 22.5 Å². The fraction of sp³-hybridized carbons (Fsp3) is 0.318. The van der Waals surface area contributed by atoms with Gasteiger partial charge in [0.15, 0.2) is 11.5 Å². The summed E-state index contributed by atoms with van der Waals surface area (Å²) < 4.78 is 13.7. The lowest BCUT2D eigenvalue weighted by molar-refractivity contribution is 0.173. The molecule has 32 heavy (non-hydrogen) atoms. The Bertz CT molecular complexity index is 1150. The number of aryl methyl sites for hydroxylation is 1. The average molecular weight is 435 g/mol. The summed E-state index contributed by atoms with van der Waals surface area (Å²) in [6.45, 7) is 4.96. The average Bonchev–Trinajstić information content (AvgIpc) is 3.41. The topological polar surface area (TPSA) is 121 Å². The Morgan fingerprint density at radius 1 is 1.25 bits per heavy atom. The molecule has 0 atom stereocenters. The summed E-state index contributed by atoms with van der Waals surface area (Å²) in [6.07, 6.45) is 3.39. The molecule has 0 saturated carbocycles. The molecular weight excluding hydrogens is 408 g/mol. The van der Waals surface area contributed by atoms with Gasteiger partial charge in [-0.15, -0.1) is 0 Å². The summed E-state index contributed by atoms with van der Waals surface area (Å²) >= 11 is 0. The van der Waals surface area contributed by atoms with Gasteiger partial charge in [-0.1, -0.05) is 0 Å². The molecule has 0 spiro atoms. The van der Waals surface area contributed by atoms with E-state index in [0.29, 0.717) is 53.2 Å². The first-order valence-electron chi connectivity index (χ1n) is 10.3. The lowest BCUT2D eigenvalue weighted by Crippen LogP contribution is -2.37. The quantitative estimate of drug-likeness (QED) is 0.510. The van der Waals surface area contributed by atoms with Crippen molar-refractivity contribution in [2.24, 2.45) is 12.0 Å². The van der Waals surface area contributed by atoms with Gasteiger partial charge in [-0.2, -0.15) is 10.4 Å². The molecule has 4 rings (SSSR count). The molecule has 0 bridgehead atoms. The normalized spacial score (nSPS) is 17.5. The molecule has 10 nitrogen and oxygen atoms in total. The zero-order valence-corrected chi connectivity index (χ0v) is 18.5. The Morgan fingerprint density at radius 3 is 2.69 bits per heavy atom. The van der Waals surface area contributed by atoms with Crippen molar-refractivity contribution < 1.29 is 9.47 Å². The molecule has 1 aromatic carbocycles. The van der Waals surface area contributed by atoms with E-state index in [2.05, 4.69) is 37.6 Å². The first-order valence-corrected chi connectivity index (χ1v) is 10.3. The van der Waals surface area contributed by atoms with Gasteiger partial charge in [0, 0.05) is 38.1 Å². The fourth-order valence-corrected chi connectivity index (χ4v) is 3.59. The van der Waals surface area contributed by atoms with Crippen molar-refractivity contribution >= 4 is 11.5 Å². The van der Waals surface area contributed by atoms with Crippen LogP contribution in [0.2, 0.25) is 0 Å². The van der Waals surface area contributed by atoms with Gasteiger partial charge < -0.3 is 20.1 Å². The molecule has 1 aromatic heterocycles. The molecule has 4 N–H and O–H groups in total. The first-order chi connectivity index (χ1) is 15.5. The molecule has 10 heteroatoms. The minimum atomic E-state index is 0.117. The van der Waals surface area contributed by atoms with E-state index in [1.807, 2.05) is 39.1 Å². The number of rotatable bonds is 6. The number of ether oxygens (including phenoxy) is 2. The number of fused-ring (bicyclic) bond motifs is 1. The van der Waals surface area contributed by atoms with E-state index in [9.17, 15) is 5.26 Å². The molecule has 0 aliphatic carbocycles. The highest BCUT2D eigenvalue weighted by Gasteiger charge is 2.25. The van der Waals surface area contributed by atoms with E-state index in [0.717, 1.165) is 11.3 Å². The van der Waals surface area contributed by atoms with Crippen LogP contribution in [0.5, 0.6) is 11.5 Å². The lowest BCUT2D eigenvalue weighted by atomic mass is 10.1. The van der Waals surface area contributed by atoms with Crippen LogP contribution in [0.3, 0.4) is 0 Å². The van der Waals surface area contributed by atoms with E-state index in [4.69, 9.17) is 9.47 Å². The standard InChI is InChI=1S/C22H26N8O2/c1-13(2)27-22(18-14(11-23)12-25-21(18)24-3)29-28-16-6-5-15(17-7-8-26-30(17)4)19-20(16)32-10-9-31-19/h5-8,12-13,27-29H,9-10H2,1-4H3,(H,24,25)/b22-18-. The van der Waals surface area contributed by atoms with Crippen LogP contribution in [-0.4, -0.2) is 41.9 Å². The SMILES string of the molecule is C/N=C1/NC=C(C#N)/C1=C(/NNc1ccc(-c2ccnn2C)c2c1OCCO2)NC(C)C. The van der Waals surface area contributed by atoms with Crippen molar-refractivity contribution in [1.29, 1.82) is 5.26 Å². The molecule has 0 radical (unpaired) electrons. The number of amidine groups is 1. The number of nitrogens with one attached hydrogen (secondary N) is 4. The largest absolute Gasteiger partial charge is 0.485 e. The Morgan fingerprint density at radius 2 is 2.03 bits per heavy atom. The molecule has 0 amide bonds. The molecule has 0 saturated heterocycles. The molecule has 166 valence electrons. The lowest BCUT2D eigenvalue weighted by Gasteiger charge is -2.25. The summed E-state index contributed by atoms with van der Waals surface area (Å²) in [6, 6.07) is 8.14. The van der Waals surface area contributed by atoms with E-state index >= 15 is 0 Å². The molecule has 2 aliphatic rings. The van der Waals surface area contributed by atoms with Crippen LogP contribution in [0.4, 0.5) is 5.69 Å². The van der Waals surface area contributed by atoms with Crippen molar-refractivity contribution in [2.45, 2.75) is 19.9 Å². The van der Waals surface area contributed by atoms with Gasteiger partial charge >= 0.3 is 0 Å². The minimum absolute atomic E-state index is 0.117. The Hall–Kier alpha value is -4.13. The molecule has 0 unspecified atom stereocenters. The number of hydrogen-bond donors (Lipinski definition) is 4. The second-order valence-electron chi connectivity index (χ2n) is 7.54. The highest BCUT2D eigenvalue weighted by molar-refractivity contribution is 6.07. The van der Waals surface area contributed by atoms with Gasteiger partial charge in [0.25, 0.3) is 0 Å². The van der Waals surface area contributed by atoms with Gasteiger partial charge in [0.1, 0.15) is 30.9 Å². The summed E-state index contributed by atoms with van der Waals surface area (Å²) in [5.74, 6) is 2.50. The van der Waals surface area contributed by atoms with Gasteiger partial charge in [-0.25, -0.2) is 0 Å².